The van der Waals surface area contributed by atoms with Gasteiger partial charge in [-0.3, -0.25) is 4.90 Å². The fourth-order valence-electron chi connectivity index (χ4n) is 1.85. The maximum atomic E-state index is 8.89. The molecule has 0 saturated carbocycles. The average Bonchev–Trinajstić information content (AvgIpc) is 2.37. The Morgan fingerprint density at radius 3 is 2.12 bits per heavy atom. The van der Waals surface area contributed by atoms with Crippen molar-refractivity contribution < 1.29 is 10.2 Å². The highest BCUT2D eigenvalue weighted by atomic mass is 16.3. The van der Waals surface area contributed by atoms with Crippen LogP contribution < -0.4 is 0 Å². The summed E-state index contributed by atoms with van der Waals surface area (Å²) in [6.07, 6.45) is 2.67. The maximum Gasteiger partial charge on any atom is 0.0443 e. The zero-order valence-corrected chi connectivity index (χ0v) is 10.4. The van der Waals surface area contributed by atoms with Crippen molar-refractivity contribution in [2.45, 2.75) is 25.8 Å². The molecule has 0 spiro atoms. The van der Waals surface area contributed by atoms with Gasteiger partial charge in [-0.1, -0.05) is 30.3 Å². The topological polar surface area (TPSA) is 43.7 Å². The van der Waals surface area contributed by atoms with Crippen LogP contribution in [0, 0.1) is 0 Å². The number of unbranched alkanes of at least 4 members (excludes halogenated alkanes) is 1. The summed E-state index contributed by atoms with van der Waals surface area (Å²) in [5.41, 5.74) is 1.30. The van der Waals surface area contributed by atoms with Gasteiger partial charge in [0.1, 0.15) is 0 Å². The molecule has 0 unspecified atom stereocenters. The monoisotopic (exact) mass is 237 g/mol. The number of aliphatic hydroxyl groups is 2. The number of aliphatic hydroxyl groups excluding tert-OH is 2. The predicted octanol–water partition coefficient (Wildman–Crippen LogP) is 1.64. The fourth-order valence-corrected chi connectivity index (χ4v) is 1.85. The molecule has 2 N–H and O–H groups in total. The second-order valence-corrected chi connectivity index (χ2v) is 4.27. The lowest BCUT2D eigenvalue weighted by Crippen LogP contribution is -2.26. The number of nitrogens with zero attached hydrogens (tertiary/aromatic N) is 1. The molecule has 0 aromatic heterocycles. The summed E-state index contributed by atoms with van der Waals surface area (Å²) < 4.78 is 0. The number of benzene rings is 1. The van der Waals surface area contributed by atoms with Gasteiger partial charge in [0.15, 0.2) is 0 Å². The summed E-state index contributed by atoms with van der Waals surface area (Å²) in [7, 11) is 0. The van der Waals surface area contributed by atoms with Gasteiger partial charge in [0.25, 0.3) is 0 Å². The minimum absolute atomic E-state index is 0.241. The normalized spacial score (nSPS) is 11.0. The lowest BCUT2D eigenvalue weighted by atomic mass is 10.2. The van der Waals surface area contributed by atoms with Crippen molar-refractivity contribution in [3.05, 3.63) is 35.9 Å². The molecular weight excluding hydrogens is 214 g/mol. The highest BCUT2D eigenvalue weighted by Gasteiger charge is 2.05. The van der Waals surface area contributed by atoms with Crippen molar-refractivity contribution in [1.82, 2.24) is 4.90 Å². The first-order valence-corrected chi connectivity index (χ1v) is 6.35. The predicted molar refractivity (Wildman–Crippen MR) is 69.7 cm³/mol. The van der Waals surface area contributed by atoms with Gasteiger partial charge in [0.05, 0.1) is 0 Å². The van der Waals surface area contributed by atoms with Crippen LogP contribution in [-0.4, -0.2) is 41.4 Å². The third kappa shape index (κ3) is 6.41. The van der Waals surface area contributed by atoms with E-state index in [4.69, 9.17) is 10.2 Å². The van der Waals surface area contributed by atoms with E-state index >= 15 is 0 Å². The van der Waals surface area contributed by atoms with Crippen molar-refractivity contribution in [3.63, 3.8) is 0 Å². The van der Waals surface area contributed by atoms with Gasteiger partial charge in [-0.05, 0) is 31.4 Å². The molecule has 0 saturated heterocycles. The molecule has 0 amide bonds. The van der Waals surface area contributed by atoms with Crippen LogP contribution in [0.5, 0.6) is 0 Å². The summed E-state index contributed by atoms with van der Waals surface area (Å²) >= 11 is 0. The molecule has 3 nitrogen and oxygen atoms in total. The second-order valence-electron chi connectivity index (χ2n) is 4.27. The van der Waals surface area contributed by atoms with Gasteiger partial charge in [-0.2, -0.15) is 0 Å². The fraction of sp³-hybridized carbons (Fsp3) is 0.571. The zero-order chi connectivity index (χ0) is 12.3. The van der Waals surface area contributed by atoms with E-state index in [0.717, 1.165) is 38.9 Å². The van der Waals surface area contributed by atoms with Gasteiger partial charge < -0.3 is 10.2 Å². The molecule has 0 fully saturated rings. The van der Waals surface area contributed by atoms with Crippen molar-refractivity contribution in [2.24, 2.45) is 0 Å². The number of rotatable bonds is 9. The lowest BCUT2D eigenvalue weighted by Gasteiger charge is -2.21. The third-order valence-electron chi connectivity index (χ3n) is 2.76. The molecule has 0 aliphatic rings. The molecule has 1 aromatic rings. The SMILES string of the molecule is OCCCCN(CCCO)Cc1ccccc1. The second kappa shape index (κ2) is 9.16. The average molecular weight is 237 g/mol. The summed E-state index contributed by atoms with van der Waals surface area (Å²) in [5.74, 6) is 0. The van der Waals surface area contributed by atoms with E-state index in [0.29, 0.717) is 0 Å². The van der Waals surface area contributed by atoms with E-state index < -0.39 is 0 Å². The van der Waals surface area contributed by atoms with Gasteiger partial charge in [-0.15, -0.1) is 0 Å². The Hall–Kier alpha value is -0.900. The summed E-state index contributed by atoms with van der Waals surface area (Å²) in [6.45, 7) is 3.32. The smallest absolute Gasteiger partial charge is 0.0443 e. The van der Waals surface area contributed by atoms with Crippen molar-refractivity contribution in [1.29, 1.82) is 0 Å². The van der Waals surface area contributed by atoms with Crippen molar-refractivity contribution in [3.8, 4) is 0 Å². The molecule has 1 rings (SSSR count). The molecular formula is C14H23NO2. The van der Waals surface area contributed by atoms with E-state index in [1.807, 2.05) is 18.2 Å². The minimum atomic E-state index is 0.241. The molecule has 0 aliphatic heterocycles. The van der Waals surface area contributed by atoms with Gasteiger partial charge in [0.2, 0.25) is 0 Å². The highest BCUT2D eigenvalue weighted by Crippen LogP contribution is 2.06. The van der Waals surface area contributed by atoms with E-state index in [-0.39, 0.29) is 13.2 Å². The van der Waals surface area contributed by atoms with Crippen molar-refractivity contribution >= 4 is 0 Å². The van der Waals surface area contributed by atoms with Crippen LogP contribution in [0.4, 0.5) is 0 Å². The molecule has 0 radical (unpaired) electrons. The maximum absolute atomic E-state index is 8.89. The Bertz CT molecular complexity index is 277. The minimum Gasteiger partial charge on any atom is -0.396 e. The Morgan fingerprint density at radius 2 is 1.47 bits per heavy atom. The van der Waals surface area contributed by atoms with Crippen LogP contribution in [0.2, 0.25) is 0 Å². The summed E-state index contributed by atoms with van der Waals surface area (Å²) in [5, 5.41) is 17.7. The molecule has 17 heavy (non-hydrogen) atoms. The zero-order valence-electron chi connectivity index (χ0n) is 10.4. The third-order valence-corrected chi connectivity index (χ3v) is 2.76. The van der Waals surface area contributed by atoms with Crippen LogP contribution in [0.25, 0.3) is 0 Å². The van der Waals surface area contributed by atoms with E-state index in [1.165, 1.54) is 5.56 Å². The summed E-state index contributed by atoms with van der Waals surface area (Å²) in [6, 6.07) is 10.4. The Balaban J connectivity index is 2.39. The molecule has 3 heteroatoms. The van der Waals surface area contributed by atoms with E-state index in [9.17, 15) is 0 Å². The molecule has 0 atom stereocenters. The number of hydrogen-bond acceptors (Lipinski definition) is 3. The first-order chi connectivity index (χ1) is 8.36. The molecule has 0 heterocycles. The van der Waals surface area contributed by atoms with Gasteiger partial charge >= 0.3 is 0 Å². The van der Waals surface area contributed by atoms with Crippen LogP contribution >= 0.6 is 0 Å². The lowest BCUT2D eigenvalue weighted by molar-refractivity contribution is 0.207. The first-order valence-electron chi connectivity index (χ1n) is 6.35. The largest absolute Gasteiger partial charge is 0.396 e. The van der Waals surface area contributed by atoms with Crippen LogP contribution in [0.1, 0.15) is 24.8 Å². The van der Waals surface area contributed by atoms with Crippen LogP contribution in [0.3, 0.4) is 0 Å². The molecule has 96 valence electrons. The molecule has 0 aliphatic carbocycles. The van der Waals surface area contributed by atoms with Crippen LogP contribution in [0.15, 0.2) is 30.3 Å². The first kappa shape index (κ1) is 14.2. The number of hydrogen-bond donors (Lipinski definition) is 2. The Kier molecular flexibility index (Phi) is 7.63. The summed E-state index contributed by atoms with van der Waals surface area (Å²) in [4.78, 5) is 2.33. The molecule has 0 bridgehead atoms. The van der Waals surface area contributed by atoms with E-state index in [2.05, 4.69) is 17.0 Å². The quantitative estimate of drug-likeness (QED) is 0.642. The highest BCUT2D eigenvalue weighted by molar-refractivity contribution is 5.14. The van der Waals surface area contributed by atoms with Gasteiger partial charge in [0, 0.05) is 26.3 Å². The van der Waals surface area contributed by atoms with Crippen LogP contribution in [-0.2, 0) is 6.54 Å². The van der Waals surface area contributed by atoms with Crippen molar-refractivity contribution in [2.75, 3.05) is 26.3 Å². The Labute approximate surface area is 104 Å². The standard InChI is InChI=1S/C14H23NO2/c16-11-5-4-9-15(10-6-12-17)13-14-7-2-1-3-8-14/h1-3,7-8,16-17H,4-6,9-13H2. The Morgan fingerprint density at radius 1 is 0.824 bits per heavy atom. The van der Waals surface area contributed by atoms with Gasteiger partial charge in [-0.25, -0.2) is 0 Å². The van der Waals surface area contributed by atoms with E-state index in [1.54, 1.807) is 0 Å². The molecule has 1 aromatic carbocycles.